The van der Waals surface area contributed by atoms with Crippen LogP contribution in [0.25, 0.3) is 0 Å². The molecule has 21 heavy (non-hydrogen) atoms. The molecule has 0 aliphatic carbocycles. The SMILES string of the molecule is CCOc1ccc(NS(=O)(=O)c2ccc(N)cc2)c(N)c1. The van der Waals surface area contributed by atoms with E-state index in [4.69, 9.17) is 16.2 Å². The number of rotatable bonds is 5. The van der Waals surface area contributed by atoms with Crippen molar-refractivity contribution in [2.24, 2.45) is 0 Å². The maximum atomic E-state index is 12.2. The van der Waals surface area contributed by atoms with Crippen LogP contribution in [0, 0.1) is 0 Å². The highest BCUT2D eigenvalue weighted by molar-refractivity contribution is 7.92. The molecule has 0 unspecified atom stereocenters. The molecule has 0 radical (unpaired) electrons. The lowest BCUT2D eigenvalue weighted by atomic mass is 10.2. The Balaban J connectivity index is 2.26. The molecule has 0 fully saturated rings. The van der Waals surface area contributed by atoms with Crippen LogP contribution in [0.3, 0.4) is 0 Å². The quantitative estimate of drug-likeness (QED) is 0.733. The number of hydrogen-bond acceptors (Lipinski definition) is 5. The zero-order valence-corrected chi connectivity index (χ0v) is 12.4. The molecule has 0 atom stereocenters. The summed E-state index contributed by atoms with van der Waals surface area (Å²) in [5, 5.41) is 0. The van der Waals surface area contributed by atoms with Gasteiger partial charge in [0.05, 0.1) is 22.9 Å². The molecule has 2 rings (SSSR count). The smallest absolute Gasteiger partial charge is 0.261 e. The number of nitrogens with two attached hydrogens (primary N) is 2. The van der Waals surface area contributed by atoms with Gasteiger partial charge in [-0.2, -0.15) is 0 Å². The van der Waals surface area contributed by atoms with Gasteiger partial charge in [0.2, 0.25) is 0 Å². The van der Waals surface area contributed by atoms with E-state index in [0.717, 1.165) is 0 Å². The van der Waals surface area contributed by atoms with Crippen LogP contribution in [0.5, 0.6) is 5.75 Å². The number of nitrogens with one attached hydrogen (secondary N) is 1. The second-order valence-corrected chi connectivity index (χ2v) is 6.04. The summed E-state index contributed by atoms with van der Waals surface area (Å²) in [4.78, 5) is 0.116. The molecule has 0 saturated heterocycles. The highest BCUT2D eigenvalue weighted by atomic mass is 32.2. The van der Waals surface area contributed by atoms with Gasteiger partial charge in [0.15, 0.2) is 0 Å². The number of benzene rings is 2. The van der Waals surface area contributed by atoms with Gasteiger partial charge in [-0.15, -0.1) is 0 Å². The number of hydrogen-bond donors (Lipinski definition) is 3. The third-order valence-corrected chi connectivity index (χ3v) is 4.15. The molecule has 0 aliphatic heterocycles. The van der Waals surface area contributed by atoms with Crippen LogP contribution in [-0.4, -0.2) is 15.0 Å². The Bertz CT molecular complexity index is 728. The molecule has 0 aliphatic rings. The number of sulfonamides is 1. The standard InChI is InChI=1S/C14H17N3O3S/c1-2-20-11-5-8-14(13(16)9-11)17-21(18,19)12-6-3-10(15)4-7-12/h3-9,17H,2,15-16H2,1H3. The monoisotopic (exact) mass is 307 g/mol. The van der Waals surface area contributed by atoms with E-state index in [1.807, 2.05) is 6.92 Å². The van der Waals surface area contributed by atoms with Crippen molar-refractivity contribution in [1.82, 2.24) is 0 Å². The van der Waals surface area contributed by atoms with Crippen LogP contribution in [-0.2, 0) is 10.0 Å². The van der Waals surface area contributed by atoms with Gasteiger partial charge >= 0.3 is 0 Å². The number of anilines is 3. The van der Waals surface area contributed by atoms with Crippen LogP contribution in [0.2, 0.25) is 0 Å². The van der Waals surface area contributed by atoms with E-state index in [2.05, 4.69) is 4.72 Å². The third kappa shape index (κ3) is 3.57. The Morgan fingerprint density at radius 1 is 1.10 bits per heavy atom. The van der Waals surface area contributed by atoms with Gasteiger partial charge in [0, 0.05) is 11.8 Å². The van der Waals surface area contributed by atoms with Crippen molar-refractivity contribution in [3.8, 4) is 5.75 Å². The van der Waals surface area contributed by atoms with E-state index in [-0.39, 0.29) is 4.90 Å². The van der Waals surface area contributed by atoms with E-state index in [1.54, 1.807) is 18.2 Å². The minimum Gasteiger partial charge on any atom is -0.494 e. The zero-order valence-electron chi connectivity index (χ0n) is 11.5. The van der Waals surface area contributed by atoms with Crippen molar-refractivity contribution in [1.29, 1.82) is 0 Å². The summed E-state index contributed by atoms with van der Waals surface area (Å²) in [5.41, 5.74) is 12.5. The lowest BCUT2D eigenvalue weighted by molar-refractivity contribution is 0.340. The second-order valence-electron chi connectivity index (χ2n) is 4.36. The third-order valence-electron chi connectivity index (χ3n) is 2.77. The Kier molecular flexibility index (Phi) is 4.23. The van der Waals surface area contributed by atoms with Gasteiger partial charge in [-0.25, -0.2) is 8.42 Å². The van der Waals surface area contributed by atoms with Crippen molar-refractivity contribution in [3.63, 3.8) is 0 Å². The molecule has 112 valence electrons. The first-order chi connectivity index (χ1) is 9.92. The van der Waals surface area contributed by atoms with Gasteiger partial charge in [0.1, 0.15) is 5.75 Å². The summed E-state index contributed by atoms with van der Waals surface area (Å²) in [6.45, 7) is 2.36. The van der Waals surface area contributed by atoms with E-state index < -0.39 is 10.0 Å². The molecule has 0 saturated carbocycles. The van der Waals surface area contributed by atoms with Gasteiger partial charge in [-0.05, 0) is 43.3 Å². The second kappa shape index (κ2) is 5.92. The minimum atomic E-state index is -3.70. The molecule has 6 nitrogen and oxygen atoms in total. The van der Waals surface area contributed by atoms with Gasteiger partial charge < -0.3 is 16.2 Å². The molecule has 0 heterocycles. The van der Waals surface area contributed by atoms with Crippen LogP contribution < -0.4 is 20.9 Å². The fraction of sp³-hybridized carbons (Fsp3) is 0.143. The Morgan fingerprint density at radius 3 is 2.33 bits per heavy atom. The molecular formula is C14H17N3O3S. The zero-order chi connectivity index (χ0) is 15.5. The van der Waals surface area contributed by atoms with Crippen LogP contribution >= 0.6 is 0 Å². The molecule has 0 aromatic heterocycles. The van der Waals surface area contributed by atoms with Crippen molar-refractivity contribution < 1.29 is 13.2 Å². The van der Waals surface area contributed by atoms with Crippen LogP contribution in [0.15, 0.2) is 47.4 Å². The van der Waals surface area contributed by atoms with Crippen LogP contribution in [0.1, 0.15) is 6.92 Å². The Hall–Kier alpha value is -2.41. The van der Waals surface area contributed by atoms with Crippen molar-refractivity contribution in [2.45, 2.75) is 11.8 Å². The van der Waals surface area contributed by atoms with E-state index in [9.17, 15) is 8.42 Å². The van der Waals surface area contributed by atoms with Crippen molar-refractivity contribution in [2.75, 3.05) is 22.8 Å². The average Bonchev–Trinajstić information content (AvgIpc) is 2.42. The molecule has 2 aromatic carbocycles. The Labute approximate surface area is 123 Å². The number of ether oxygens (including phenoxy) is 1. The number of nitrogen functional groups attached to an aromatic ring is 2. The van der Waals surface area contributed by atoms with E-state index in [0.29, 0.717) is 29.4 Å². The van der Waals surface area contributed by atoms with Crippen LogP contribution in [0.4, 0.5) is 17.1 Å². The maximum Gasteiger partial charge on any atom is 0.261 e. The lowest BCUT2D eigenvalue weighted by Crippen LogP contribution is -2.14. The summed E-state index contributed by atoms with van der Waals surface area (Å²) >= 11 is 0. The highest BCUT2D eigenvalue weighted by Gasteiger charge is 2.15. The summed E-state index contributed by atoms with van der Waals surface area (Å²) in [5.74, 6) is 0.588. The van der Waals surface area contributed by atoms with E-state index >= 15 is 0 Å². The first-order valence-electron chi connectivity index (χ1n) is 6.33. The summed E-state index contributed by atoms with van der Waals surface area (Å²) in [6, 6.07) is 10.7. The predicted molar refractivity (Wildman–Crippen MR) is 83.7 cm³/mol. The Morgan fingerprint density at radius 2 is 1.76 bits per heavy atom. The summed E-state index contributed by atoms with van der Waals surface area (Å²) in [7, 11) is -3.70. The molecule has 7 heteroatoms. The molecule has 0 spiro atoms. The summed E-state index contributed by atoms with van der Waals surface area (Å²) < 4.78 is 32.2. The lowest BCUT2D eigenvalue weighted by Gasteiger charge is -2.12. The summed E-state index contributed by atoms with van der Waals surface area (Å²) in [6.07, 6.45) is 0. The van der Waals surface area contributed by atoms with Crippen molar-refractivity contribution in [3.05, 3.63) is 42.5 Å². The first kappa shape index (κ1) is 15.0. The molecule has 2 aromatic rings. The highest BCUT2D eigenvalue weighted by Crippen LogP contribution is 2.26. The average molecular weight is 307 g/mol. The molecular weight excluding hydrogens is 290 g/mol. The predicted octanol–water partition coefficient (Wildman–Crippen LogP) is 2.05. The van der Waals surface area contributed by atoms with Gasteiger partial charge in [-0.3, -0.25) is 4.72 Å². The molecule has 0 amide bonds. The fourth-order valence-electron chi connectivity index (χ4n) is 1.74. The van der Waals surface area contributed by atoms with Crippen molar-refractivity contribution >= 4 is 27.1 Å². The van der Waals surface area contributed by atoms with E-state index in [1.165, 1.54) is 24.3 Å². The van der Waals surface area contributed by atoms with Gasteiger partial charge in [0.25, 0.3) is 10.0 Å². The molecule has 0 bridgehead atoms. The largest absolute Gasteiger partial charge is 0.494 e. The van der Waals surface area contributed by atoms with Gasteiger partial charge in [-0.1, -0.05) is 0 Å². The molecule has 5 N–H and O–H groups in total. The normalized spacial score (nSPS) is 11.1. The fourth-order valence-corrected chi connectivity index (χ4v) is 2.83. The topological polar surface area (TPSA) is 107 Å². The first-order valence-corrected chi connectivity index (χ1v) is 7.81. The minimum absolute atomic E-state index is 0.116. The maximum absolute atomic E-state index is 12.2.